The normalized spacial score (nSPS) is 10.9. The Kier molecular flexibility index (Phi) is 4.85. The number of nitrogens with two attached hydrogens (primary N) is 1. The quantitative estimate of drug-likeness (QED) is 0.684. The standard InChI is InChI=1S/C14H20N4O2S/c1-4-10(19)13-11(15)12(20-8(2)3)14(21-13)16-5-9-6-17-18-7-9/h6-8,16H,4-5,15H2,1-3H3,(H,17,18). The first-order chi connectivity index (χ1) is 10.0. The summed E-state index contributed by atoms with van der Waals surface area (Å²) < 4.78 is 5.77. The summed E-state index contributed by atoms with van der Waals surface area (Å²) in [5.74, 6) is 0.595. The van der Waals surface area contributed by atoms with Crippen molar-refractivity contribution in [3.05, 3.63) is 22.8 Å². The van der Waals surface area contributed by atoms with E-state index in [-0.39, 0.29) is 11.9 Å². The number of ketones is 1. The zero-order valence-corrected chi connectivity index (χ0v) is 13.2. The highest BCUT2D eigenvalue weighted by atomic mass is 32.1. The van der Waals surface area contributed by atoms with Gasteiger partial charge in [0.2, 0.25) is 0 Å². The summed E-state index contributed by atoms with van der Waals surface area (Å²) in [6.07, 6.45) is 3.96. The van der Waals surface area contributed by atoms with Crippen LogP contribution in [-0.4, -0.2) is 22.1 Å². The molecule has 0 aromatic carbocycles. The van der Waals surface area contributed by atoms with Gasteiger partial charge in [-0.05, 0) is 13.8 Å². The number of carbonyl (C=O) groups is 1. The van der Waals surface area contributed by atoms with E-state index in [2.05, 4.69) is 15.5 Å². The lowest BCUT2D eigenvalue weighted by Gasteiger charge is -2.12. The number of hydrogen-bond acceptors (Lipinski definition) is 6. The Hall–Kier alpha value is -2.02. The molecule has 0 bridgehead atoms. The highest BCUT2D eigenvalue weighted by Crippen LogP contribution is 2.43. The van der Waals surface area contributed by atoms with Gasteiger partial charge in [0, 0.05) is 24.7 Å². The van der Waals surface area contributed by atoms with E-state index in [1.165, 1.54) is 11.3 Å². The SMILES string of the molecule is CCC(=O)c1sc(NCc2cn[nH]c2)c(OC(C)C)c1N. The van der Waals surface area contributed by atoms with E-state index in [1.807, 2.05) is 27.0 Å². The van der Waals surface area contributed by atoms with Crippen molar-refractivity contribution in [3.63, 3.8) is 0 Å². The maximum Gasteiger partial charge on any atom is 0.177 e. The molecule has 114 valence electrons. The van der Waals surface area contributed by atoms with Gasteiger partial charge in [0.1, 0.15) is 5.00 Å². The Bertz CT molecular complexity index is 605. The van der Waals surface area contributed by atoms with Gasteiger partial charge in [-0.1, -0.05) is 6.92 Å². The molecule has 0 amide bonds. The predicted octanol–water partition coefficient (Wildman–Crippen LogP) is 3.05. The van der Waals surface area contributed by atoms with Crippen molar-refractivity contribution in [2.75, 3.05) is 11.1 Å². The lowest BCUT2D eigenvalue weighted by atomic mass is 10.2. The van der Waals surface area contributed by atoms with Gasteiger partial charge in [-0.25, -0.2) is 0 Å². The molecule has 0 spiro atoms. The van der Waals surface area contributed by atoms with Crippen LogP contribution in [0.5, 0.6) is 5.75 Å². The number of rotatable bonds is 7. The minimum atomic E-state index is -0.0130. The molecular formula is C14H20N4O2S. The summed E-state index contributed by atoms with van der Waals surface area (Å²) in [7, 11) is 0. The second-order valence-corrected chi connectivity index (χ2v) is 5.93. The third-order valence-electron chi connectivity index (χ3n) is 2.84. The number of hydrogen-bond donors (Lipinski definition) is 3. The molecule has 2 aromatic heterocycles. The fourth-order valence-electron chi connectivity index (χ4n) is 1.82. The number of H-pyrrole nitrogens is 1. The van der Waals surface area contributed by atoms with Crippen LogP contribution < -0.4 is 15.8 Å². The van der Waals surface area contributed by atoms with Crippen LogP contribution >= 0.6 is 11.3 Å². The molecule has 2 rings (SSSR count). The summed E-state index contributed by atoms with van der Waals surface area (Å²) in [6.45, 7) is 6.27. The molecular weight excluding hydrogens is 288 g/mol. The van der Waals surface area contributed by atoms with Crippen molar-refractivity contribution >= 4 is 27.8 Å². The van der Waals surface area contributed by atoms with E-state index in [0.717, 1.165) is 10.6 Å². The van der Waals surface area contributed by atoms with Gasteiger partial charge in [-0.15, -0.1) is 11.3 Å². The molecule has 0 saturated carbocycles. The number of aromatic amines is 1. The summed E-state index contributed by atoms with van der Waals surface area (Å²) >= 11 is 1.34. The summed E-state index contributed by atoms with van der Waals surface area (Å²) in [5, 5.41) is 10.7. The number of aromatic nitrogens is 2. The predicted molar refractivity (Wildman–Crippen MR) is 85.0 cm³/mol. The molecule has 0 saturated heterocycles. The summed E-state index contributed by atoms with van der Waals surface area (Å²) in [6, 6.07) is 0. The molecule has 0 aliphatic heterocycles. The summed E-state index contributed by atoms with van der Waals surface area (Å²) in [5.41, 5.74) is 7.52. The Morgan fingerprint density at radius 3 is 2.90 bits per heavy atom. The minimum Gasteiger partial charge on any atom is -0.486 e. The first kappa shape index (κ1) is 15.4. The van der Waals surface area contributed by atoms with Crippen molar-refractivity contribution in [1.82, 2.24) is 10.2 Å². The number of ether oxygens (including phenoxy) is 1. The van der Waals surface area contributed by atoms with Crippen LogP contribution in [-0.2, 0) is 6.54 Å². The van der Waals surface area contributed by atoms with Crippen LogP contribution in [0.3, 0.4) is 0 Å². The van der Waals surface area contributed by atoms with Crippen molar-refractivity contribution in [1.29, 1.82) is 0 Å². The number of nitrogens with zero attached hydrogens (tertiary/aromatic N) is 1. The van der Waals surface area contributed by atoms with Gasteiger partial charge >= 0.3 is 0 Å². The number of nitrogens with one attached hydrogen (secondary N) is 2. The van der Waals surface area contributed by atoms with Gasteiger partial charge in [0.25, 0.3) is 0 Å². The molecule has 0 aliphatic carbocycles. The fraction of sp³-hybridized carbons (Fsp3) is 0.429. The van der Waals surface area contributed by atoms with Gasteiger partial charge in [0.15, 0.2) is 11.5 Å². The van der Waals surface area contributed by atoms with E-state index in [0.29, 0.717) is 29.3 Å². The van der Waals surface area contributed by atoms with E-state index in [4.69, 9.17) is 10.5 Å². The molecule has 6 nitrogen and oxygen atoms in total. The highest BCUT2D eigenvalue weighted by molar-refractivity contribution is 7.19. The molecule has 4 N–H and O–H groups in total. The molecule has 21 heavy (non-hydrogen) atoms. The van der Waals surface area contributed by atoms with Gasteiger partial charge in [0.05, 0.1) is 22.9 Å². The topological polar surface area (TPSA) is 93.0 Å². The molecule has 2 aromatic rings. The number of Topliss-reactive ketones (excluding diaryl/α,β-unsaturated/α-hetero) is 1. The Morgan fingerprint density at radius 1 is 1.57 bits per heavy atom. The number of nitrogen functional groups attached to an aromatic ring is 1. The van der Waals surface area contributed by atoms with E-state index < -0.39 is 0 Å². The third kappa shape index (κ3) is 3.55. The Balaban J connectivity index is 2.26. The van der Waals surface area contributed by atoms with Crippen LogP contribution in [0.15, 0.2) is 12.4 Å². The van der Waals surface area contributed by atoms with Crippen LogP contribution in [0.1, 0.15) is 42.4 Å². The lowest BCUT2D eigenvalue weighted by molar-refractivity contribution is 0.0992. The van der Waals surface area contributed by atoms with Crippen LogP contribution in [0.2, 0.25) is 0 Å². The van der Waals surface area contributed by atoms with Crippen molar-refractivity contribution in [2.45, 2.75) is 39.8 Å². The van der Waals surface area contributed by atoms with Gasteiger partial charge in [-0.3, -0.25) is 9.89 Å². The number of thiophene rings is 1. The second-order valence-electron chi connectivity index (χ2n) is 4.91. The fourth-order valence-corrected chi connectivity index (χ4v) is 2.88. The molecule has 2 heterocycles. The molecule has 0 unspecified atom stereocenters. The smallest absolute Gasteiger partial charge is 0.177 e. The van der Waals surface area contributed by atoms with E-state index >= 15 is 0 Å². The molecule has 0 radical (unpaired) electrons. The molecule has 0 fully saturated rings. The van der Waals surface area contributed by atoms with Crippen molar-refractivity contribution in [3.8, 4) is 5.75 Å². The number of anilines is 2. The largest absolute Gasteiger partial charge is 0.486 e. The van der Waals surface area contributed by atoms with Crippen LogP contribution in [0, 0.1) is 0 Å². The zero-order valence-electron chi connectivity index (χ0n) is 12.4. The van der Waals surface area contributed by atoms with E-state index in [1.54, 1.807) is 6.20 Å². The maximum absolute atomic E-state index is 12.0. The summed E-state index contributed by atoms with van der Waals surface area (Å²) in [4.78, 5) is 12.5. The van der Waals surface area contributed by atoms with E-state index in [9.17, 15) is 4.79 Å². The average molecular weight is 308 g/mol. The first-order valence-electron chi connectivity index (χ1n) is 6.86. The average Bonchev–Trinajstić information content (AvgIpc) is 3.06. The highest BCUT2D eigenvalue weighted by Gasteiger charge is 2.22. The monoisotopic (exact) mass is 308 g/mol. The minimum absolute atomic E-state index is 0.0130. The maximum atomic E-state index is 12.0. The Labute approximate surface area is 127 Å². The third-order valence-corrected chi connectivity index (χ3v) is 4.02. The lowest BCUT2D eigenvalue weighted by Crippen LogP contribution is -2.09. The van der Waals surface area contributed by atoms with Crippen molar-refractivity contribution < 1.29 is 9.53 Å². The van der Waals surface area contributed by atoms with Crippen LogP contribution in [0.4, 0.5) is 10.7 Å². The van der Waals surface area contributed by atoms with Gasteiger partial charge < -0.3 is 15.8 Å². The van der Waals surface area contributed by atoms with Crippen molar-refractivity contribution in [2.24, 2.45) is 0 Å². The second kappa shape index (κ2) is 6.62. The molecule has 0 atom stereocenters. The zero-order chi connectivity index (χ0) is 15.4. The molecule has 7 heteroatoms. The van der Waals surface area contributed by atoms with Gasteiger partial charge in [-0.2, -0.15) is 5.10 Å². The molecule has 0 aliphatic rings. The first-order valence-corrected chi connectivity index (χ1v) is 7.68. The van der Waals surface area contributed by atoms with Crippen LogP contribution in [0.25, 0.3) is 0 Å². The Morgan fingerprint density at radius 2 is 2.33 bits per heavy atom. The number of carbonyl (C=O) groups excluding carboxylic acids is 1.